The first-order chi connectivity index (χ1) is 15.4. The predicted octanol–water partition coefficient (Wildman–Crippen LogP) is 3.20. The number of carboxylic acids is 1. The molecule has 3 aromatic rings. The largest absolute Gasteiger partial charge is 0.481 e. The zero-order valence-corrected chi connectivity index (χ0v) is 18.4. The monoisotopic (exact) mass is 452 g/mol. The first kappa shape index (κ1) is 23.1. The van der Waals surface area contributed by atoms with Crippen molar-refractivity contribution >= 4 is 26.9 Å². The summed E-state index contributed by atoms with van der Waals surface area (Å²) in [5, 5.41) is 10.6. The smallest absolute Gasteiger partial charge is 0.322 e. The van der Waals surface area contributed by atoms with Gasteiger partial charge in [0.15, 0.2) is 0 Å². The minimum absolute atomic E-state index is 0.00387. The number of benzene rings is 2. The fourth-order valence-corrected chi connectivity index (χ4v) is 4.53. The Labute approximate surface area is 187 Å². The van der Waals surface area contributed by atoms with Crippen LogP contribution < -0.4 is 9.46 Å². The summed E-state index contributed by atoms with van der Waals surface area (Å²) in [7, 11) is -4.06. The van der Waals surface area contributed by atoms with E-state index in [4.69, 9.17) is 4.74 Å². The lowest BCUT2D eigenvalue weighted by Crippen LogP contribution is -2.42. The summed E-state index contributed by atoms with van der Waals surface area (Å²) in [6.45, 7) is 6.20. The number of allylic oxidation sites excluding steroid dienone is 1. The fraction of sp³-hybridized carbons (Fsp3) is 0.208. The van der Waals surface area contributed by atoms with Crippen molar-refractivity contribution in [3.8, 4) is 17.6 Å². The molecule has 0 aliphatic rings. The number of nitrogens with zero attached hydrogens (tertiary/aromatic N) is 1. The molecule has 1 aromatic heterocycles. The quantitative estimate of drug-likeness (QED) is 0.364. The van der Waals surface area contributed by atoms with Crippen molar-refractivity contribution in [3.05, 3.63) is 72.9 Å². The van der Waals surface area contributed by atoms with E-state index in [1.807, 2.05) is 35.0 Å². The van der Waals surface area contributed by atoms with Gasteiger partial charge in [0.25, 0.3) is 0 Å². The standard InChI is InChI=1S/C24H24N2O5S/c1-3-5-15-31-19-10-12-20(13-11-19)32(29,30)25-22(24(27)28)16-18-17-26(14-4-2)23-9-7-6-8-21(18)23/h4,6-13,17,22,25H,2,14-16H2,1H3,(H,27,28)/t22-/m0/s1. The molecule has 1 atom stereocenters. The molecule has 0 unspecified atom stereocenters. The Balaban J connectivity index is 1.82. The number of aliphatic carboxylic acids is 1. The van der Waals surface area contributed by atoms with Crippen LogP contribution in [0.3, 0.4) is 0 Å². The Hall–Kier alpha value is -3.54. The molecule has 0 bridgehead atoms. The molecular formula is C24H24N2O5S. The van der Waals surface area contributed by atoms with E-state index in [0.717, 1.165) is 16.5 Å². The van der Waals surface area contributed by atoms with Gasteiger partial charge in [-0.05, 0) is 42.8 Å². The summed E-state index contributed by atoms with van der Waals surface area (Å²) >= 11 is 0. The predicted molar refractivity (Wildman–Crippen MR) is 123 cm³/mol. The van der Waals surface area contributed by atoms with Gasteiger partial charge in [0.05, 0.1) is 4.90 Å². The lowest BCUT2D eigenvalue weighted by molar-refractivity contribution is -0.138. The summed E-state index contributed by atoms with van der Waals surface area (Å²) in [6, 6.07) is 12.0. The van der Waals surface area contributed by atoms with Gasteiger partial charge in [0, 0.05) is 30.1 Å². The van der Waals surface area contributed by atoms with Gasteiger partial charge in [-0.2, -0.15) is 4.72 Å². The molecule has 166 valence electrons. The first-order valence-corrected chi connectivity index (χ1v) is 11.4. The van der Waals surface area contributed by atoms with Gasteiger partial charge >= 0.3 is 5.97 Å². The second kappa shape index (κ2) is 10.2. The van der Waals surface area contributed by atoms with Crippen molar-refractivity contribution in [2.75, 3.05) is 6.61 Å². The van der Waals surface area contributed by atoms with Gasteiger partial charge in [0.1, 0.15) is 18.4 Å². The van der Waals surface area contributed by atoms with Crippen LogP contribution in [0.4, 0.5) is 0 Å². The molecule has 8 heteroatoms. The number of carboxylic acid groups (broad SMARTS) is 1. The number of rotatable bonds is 10. The summed E-state index contributed by atoms with van der Waals surface area (Å²) < 4.78 is 35.3. The number of para-hydroxylation sites is 1. The molecule has 3 rings (SSSR count). The van der Waals surface area contributed by atoms with Gasteiger partial charge in [-0.15, -0.1) is 12.5 Å². The topological polar surface area (TPSA) is 97.6 Å². The van der Waals surface area contributed by atoms with Crippen LogP contribution in [0.2, 0.25) is 0 Å². The Morgan fingerprint density at radius 1 is 1.25 bits per heavy atom. The molecule has 0 fully saturated rings. The van der Waals surface area contributed by atoms with Crippen LogP contribution in [0.5, 0.6) is 5.75 Å². The maximum Gasteiger partial charge on any atom is 0.322 e. The molecule has 0 saturated carbocycles. The van der Waals surface area contributed by atoms with Crippen LogP contribution in [0, 0.1) is 11.8 Å². The first-order valence-electron chi connectivity index (χ1n) is 9.91. The average molecular weight is 453 g/mol. The van der Waals surface area contributed by atoms with E-state index < -0.39 is 22.0 Å². The summed E-state index contributed by atoms with van der Waals surface area (Å²) in [5.74, 6) is 4.66. The molecule has 0 saturated heterocycles. The van der Waals surface area contributed by atoms with Crippen LogP contribution in [0.1, 0.15) is 12.5 Å². The number of carbonyl (C=O) groups is 1. The molecule has 0 spiro atoms. The maximum absolute atomic E-state index is 12.8. The molecule has 0 amide bonds. The highest BCUT2D eigenvalue weighted by atomic mass is 32.2. The Morgan fingerprint density at radius 2 is 1.97 bits per heavy atom. The third-order valence-electron chi connectivity index (χ3n) is 4.84. The van der Waals surface area contributed by atoms with Gasteiger partial charge in [-0.3, -0.25) is 4.79 Å². The highest BCUT2D eigenvalue weighted by Gasteiger charge is 2.27. The third-order valence-corrected chi connectivity index (χ3v) is 6.33. The SMILES string of the molecule is C=CCn1cc(C[C@H](NS(=O)(=O)c2ccc(OCC#CC)cc2)C(=O)O)c2ccccc21. The number of fused-ring (bicyclic) bond motifs is 1. The number of nitrogens with one attached hydrogen (secondary N) is 1. The number of ether oxygens (including phenoxy) is 1. The van der Waals surface area contributed by atoms with E-state index in [1.165, 1.54) is 24.3 Å². The van der Waals surface area contributed by atoms with Crippen molar-refractivity contribution < 1.29 is 23.1 Å². The van der Waals surface area contributed by atoms with Gasteiger partial charge in [0.2, 0.25) is 10.0 Å². The second-order valence-corrected chi connectivity index (χ2v) is 8.73. The molecular weight excluding hydrogens is 428 g/mol. The summed E-state index contributed by atoms with van der Waals surface area (Å²) in [4.78, 5) is 11.9. The highest BCUT2D eigenvalue weighted by molar-refractivity contribution is 7.89. The summed E-state index contributed by atoms with van der Waals surface area (Å²) in [5.41, 5.74) is 1.66. The van der Waals surface area contributed by atoms with Crippen LogP contribution >= 0.6 is 0 Å². The van der Waals surface area contributed by atoms with Crippen molar-refractivity contribution in [2.45, 2.75) is 30.8 Å². The van der Waals surface area contributed by atoms with Crippen LogP contribution in [0.25, 0.3) is 10.9 Å². The molecule has 32 heavy (non-hydrogen) atoms. The van der Waals surface area contributed by atoms with E-state index in [2.05, 4.69) is 23.1 Å². The lowest BCUT2D eigenvalue weighted by Gasteiger charge is -2.15. The highest BCUT2D eigenvalue weighted by Crippen LogP contribution is 2.23. The van der Waals surface area contributed by atoms with Gasteiger partial charge in [-0.25, -0.2) is 8.42 Å². The fourth-order valence-electron chi connectivity index (χ4n) is 3.34. The number of sulfonamides is 1. The number of hydrogen-bond donors (Lipinski definition) is 2. The maximum atomic E-state index is 12.8. The van der Waals surface area contributed by atoms with Crippen LogP contribution in [-0.4, -0.2) is 36.7 Å². The van der Waals surface area contributed by atoms with Gasteiger partial charge < -0.3 is 14.4 Å². The number of hydrogen-bond acceptors (Lipinski definition) is 4. The van der Waals surface area contributed by atoms with E-state index in [0.29, 0.717) is 12.3 Å². The van der Waals surface area contributed by atoms with E-state index in [9.17, 15) is 18.3 Å². The Kier molecular flexibility index (Phi) is 7.36. The summed E-state index contributed by atoms with van der Waals surface area (Å²) in [6.07, 6.45) is 3.58. The van der Waals surface area contributed by atoms with E-state index in [-0.39, 0.29) is 17.9 Å². The average Bonchev–Trinajstić information content (AvgIpc) is 3.11. The Bertz CT molecular complexity index is 1280. The molecule has 0 aliphatic heterocycles. The lowest BCUT2D eigenvalue weighted by atomic mass is 10.1. The minimum Gasteiger partial charge on any atom is -0.481 e. The molecule has 1 heterocycles. The normalized spacial score (nSPS) is 12.0. The van der Waals surface area contributed by atoms with Crippen molar-refractivity contribution in [2.24, 2.45) is 0 Å². The zero-order valence-electron chi connectivity index (χ0n) is 17.6. The van der Waals surface area contributed by atoms with Crippen molar-refractivity contribution in [1.82, 2.24) is 9.29 Å². The molecule has 0 aliphatic carbocycles. The second-order valence-electron chi connectivity index (χ2n) is 7.02. The van der Waals surface area contributed by atoms with Crippen LogP contribution in [-0.2, 0) is 27.8 Å². The van der Waals surface area contributed by atoms with Crippen molar-refractivity contribution in [3.63, 3.8) is 0 Å². The Morgan fingerprint density at radius 3 is 2.62 bits per heavy atom. The zero-order chi connectivity index (χ0) is 23.1. The van der Waals surface area contributed by atoms with E-state index in [1.54, 1.807) is 13.0 Å². The molecule has 2 aromatic carbocycles. The molecule has 0 radical (unpaired) electrons. The molecule has 7 nitrogen and oxygen atoms in total. The van der Waals surface area contributed by atoms with Crippen LogP contribution in [0.15, 0.2) is 72.3 Å². The number of aromatic nitrogens is 1. The third kappa shape index (κ3) is 5.38. The minimum atomic E-state index is -4.06. The molecule has 2 N–H and O–H groups in total. The van der Waals surface area contributed by atoms with Crippen molar-refractivity contribution in [1.29, 1.82) is 0 Å². The van der Waals surface area contributed by atoms with Gasteiger partial charge in [-0.1, -0.05) is 30.2 Å². The van der Waals surface area contributed by atoms with E-state index >= 15 is 0 Å².